The second-order valence-corrected chi connectivity index (χ2v) is 7.72. The van der Waals surface area contributed by atoms with Gasteiger partial charge in [0.25, 0.3) is 0 Å². The molecule has 1 saturated heterocycles. The van der Waals surface area contributed by atoms with Gasteiger partial charge in [0.05, 0.1) is 41.4 Å². The third-order valence-electron chi connectivity index (χ3n) is 4.99. The van der Waals surface area contributed by atoms with Gasteiger partial charge in [0.2, 0.25) is 0 Å². The van der Waals surface area contributed by atoms with Crippen LogP contribution in [0.1, 0.15) is 0 Å². The van der Waals surface area contributed by atoms with Crippen LogP contribution < -0.4 is 14.8 Å². The van der Waals surface area contributed by atoms with Crippen LogP contribution in [0.4, 0.5) is 15.9 Å². The van der Waals surface area contributed by atoms with Gasteiger partial charge in [-0.2, -0.15) is 0 Å². The van der Waals surface area contributed by atoms with Crippen molar-refractivity contribution in [2.45, 2.75) is 6.10 Å². The Hall–Kier alpha value is -3.03. The fourth-order valence-corrected chi connectivity index (χ4v) is 3.53. The molecule has 1 fully saturated rings. The maximum absolute atomic E-state index is 14.5. The molecule has 0 spiro atoms. The minimum atomic E-state index is -0.664. The molecule has 160 valence electrons. The van der Waals surface area contributed by atoms with Crippen molar-refractivity contribution < 1.29 is 13.9 Å². The van der Waals surface area contributed by atoms with Crippen molar-refractivity contribution in [2.75, 3.05) is 25.5 Å². The first kappa shape index (κ1) is 21.2. The molecule has 4 rings (SSSR count). The van der Waals surface area contributed by atoms with Gasteiger partial charge in [0, 0.05) is 17.1 Å². The normalized spacial score (nSPS) is 13.6. The van der Waals surface area contributed by atoms with Crippen LogP contribution in [0.25, 0.3) is 10.9 Å². The van der Waals surface area contributed by atoms with E-state index in [0.29, 0.717) is 41.3 Å². The van der Waals surface area contributed by atoms with Gasteiger partial charge < -0.3 is 19.7 Å². The second kappa shape index (κ2) is 8.61. The number of halogens is 3. The molecule has 0 unspecified atom stereocenters. The van der Waals surface area contributed by atoms with E-state index in [4.69, 9.17) is 32.7 Å². The highest BCUT2D eigenvalue weighted by Crippen LogP contribution is 2.37. The van der Waals surface area contributed by atoms with E-state index < -0.39 is 5.82 Å². The average Bonchev–Trinajstić information content (AvgIpc) is 2.75. The number of anilines is 2. The van der Waals surface area contributed by atoms with E-state index in [1.165, 1.54) is 18.5 Å². The Morgan fingerprint density at radius 1 is 1.26 bits per heavy atom. The number of likely N-dealkylation sites (tertiary alicyclic amines) is 1. The predicted molar refractivity (Wildman–Crippen MR) is 121 cm³/mol. The number of hydrogen-bond donors (Lipinski definition) is 1. The van der Waals surface area contributed by atoms with Crippen LogP contribution in [0.15, 0.2) is 55.5 Å². The molecule has 1 N–H and O–H groups in total. The van der Waals surface area contributed by atoms with Gasteiger partial charge in [0.15, 0.2) is 17.3 Å². The molecule has 2 aromatic carbocycles. The van der Waals surface area contributed by atoms with Crippen molar-refractivity contribution in [1.82, 2.24) is 14.9 Å². The molecule has 1 aliphatic rings. The smallest absolute Gasteiger partial charge is 0.166 e. The molecule has 6 nitrogen and oxygen atoms in total. The molecule has 0 saturated carbocycles. The molecule has 0 atom stereocenters. The van der Waals surface area contributed by atoms with Crippen LogP contribution in [-0.2, 0) is 0 Å². The number of fused-ring (bicyclic) bond motifs is 1. The Balaban J connectivity index is 1.65. The van der Waals surface area contributed by atoms with Gasteiger partial charge >= 0.3 is 0 Å². The van der Waals surface area contributed by atoms with Crippen LogP contribution in [-0.4, -0.2) is 41.2 Å². The number of methoxy groups -OCH3 is 1. The first-order valence-corrected chi connectivity index (χ1v) is 10.1. The molecule has 0 amide bonds. The molecule has 9 heteroatoms. The van der Waals surface area contributed by atoms with E-state index >= 15 is 0 Å². The standard InChI is InChI=1S/C22H19Cl2FN4O2/c1-4-12(2)29-9-13(10-29)31-19-7-14-17(8-18(19)30-3)26-11-27-22(14)28-16-6-5-15(23)20(24)21(16)25/h4-8,11,13H,1-2,9-10H2,3H3,(H,26,27,28). The first-order valence-electron chi connectivity index (χ1n) is 9.37. The molecule has 0 aliphatic carbocycles. The zero-order valence-electron chi connectivity index (χ0n) is 16.7. The summed E-state index contributed by atoms with van der Waals surface area (Å²) in [5, 5.41) is 3.57. The van der Waals surface area contributed by atoms with Gasteiger partial charge in [-0.05, 0) is 24.3 Å². The van der Waals surface area contributed by atoms with E-state index in [2.05, 4.69) is 33.3 Å². The summed E-state index contributed by atoms with van der Waals surface area (Å²) in [7, 11) is 1.56. The van der Waals surface area contributed by atoms with Crippen molar-refractivity contribution in [2.24, 2.45) is 0 Å². The molecule has 2 heterocycles. The first-order chi connectivity index (χ1) is 14.9. The third-order valence-corrected chi connectivity index (χ3v) is 5.77. The van der Waals surface area contributed by atoms with E-state index in [1.54, 1.807) is 25.3 Å². The molecule has 0 radical (unpaired) electrons. The molecule has 31 heavy (non-hydrogen) atoms. The summed E-state index contributed by atoms with van der Waals surface area (Å²) in [6.45, 7) is 9.05. The second-order valence-electron chi connectivity index (χ2n) is 6.93. The molecule has 1 aromatic heterocycles. The Kier molecular flexibility index (Phi) is 5.89. The summed E-state index contributed by atoms with van der Waals surface area (Å²) in [6.07, 6.45) is 3.06. The van der Waals surface area contributed by atoms with E-state index in [1.807, 2.05) is 0 Å². The highest BCUT2D eigenvalue weighted by molar-refractivity contribution is 6.42. The van der Waals surface area contributed by atoms with E-state index in [-0.39, 0.29) is 21.8 Å². The molecule has 3 aromatic rings. The Bertz CT molecular complexity index is 1180. The lowest BCUT2D eigenvalue weighted by atomic mass is 10.1. The maximum atomic E-state index is 14.5. The summed E-state index contributed by atoms with van der Waals surface area (Å²) in [5.41, 5.74) is 1.61. The van der Waals surface area contributed by atoms with Crippen molar-refractivity contribution in [3.05, 3.63) is 71.4 Å². The number of hydrogen-bond acceptors (Lipinski definition) is 6. The Morgan fingerprint density at radius 3 is 2.74 bits per heavy atom. The van der Waals surface area contributed by atoms with Gasteiger partial charge in [0.1, 0.15) is 18.2 Å². The van der Waals surface area contributed by atoms with Crippen molar-refractivity contribution in [1.29, 1.82) is 0 Å². The quantitative estimate of drug-likeness (QED) is 0.366. The Morgan fingerprint density at radius 2 is 2.03 bits per heavy atom. The number of nitrogens with zero attached hydrogens (tertiary/aromatic N) is 3. The number of nitrogens with one attached hydrogen (secondary N) is 1. The number of benzene rings is 2. The van der Waals surface area contributed by atoms with Gasteiger partial charge in [-0.3, -0.25) is 0 Å². The van der Waals surface area contributed by atoms with Crippen LogP contribution in [0.3, 0.4) is 0 Å². The van der Waals surface area contributed by atoms with E-state index in [9.17, 15) is 4.39 Å². The van der Waals surface area contributed by atoms with Gasteiger partial charge in [-0.25, -0.2) is 14.4 Å². The average molecular weight is 461 g/mol. The number of aromatic nitrogens is 2. The van der Waals surface area contributed by atoms with Gasteiger partial charge in [-0.1, -0.05) is 36.4 Å². The van der Waals surface area contributed by atoms with Crippen LogP contribution in [0.5, 0.6) is 11.5 Å². The summed E-state index contributed by atoms with van der Waals surface area (Å²) in [4.78, 5) is 10.6. The molecular weight excluding hydrogens is 442 g/mol. The number of allylic oxidation sites excluding steroid dienone is 1. The van der Waals surface area contributed by atoms with E-state index in [0.717, 1.165) is 5.70 Å². The molecule has 0 bridgehead atoms. The third kappa shape index (κ3) is 4.11. The highest BCUT2D eigenvalue weighted by atomic mass is 35.5. The molecule has 1 aliphatic heterocycles. The SMILES string of the molecule is C=CC(=C)N1CC(Oc2cc3c(Nc4ccc(Cl)c(Cl)c4F)ncnc3cc2OC)C1. The monoisotopic (exact) mass is 460 g/mol. The lowest BCUT2D eigenvalue weighted by Gasteiger charge is -2.41. The number of rotatable bonds is 7. The highest BCUT2D eigenvalue weighted by Gasteiger charge is 2.29. The summed E-state index contributed by atoms with van der Waals surface area (Å²) < 4.78 is 26.1. The largest absolute Gasteiger partial charge is 0.493 e. The minimum Gasteiger partial charge on any atom is -0.493 e. The zero-order valence-corrected chi connectivity index (χ0v) is 18.2. The Labute approximate surface area is 188 Å². The summed E-state index contributed by atoms with van der Waals surface area (Å²) in [6, 6.07) is 6.53. The summed E-state index contributed by atoms with van der Waals surface area (Å²) >= 11 is 11.8. The number of ether oxygens (including phenoxy) is 2. The van der Waals surface area contributed by atoms with Crippen LogP contribution >= 0.6 is 23.2 Å². The van der Waals surface area contributed by atoms with Gasteiger partial charge in [-0.15, -0.1) is 0 Å². The van der Waals surface area contributed by atoms with Crippen molar-refractivity contribution >= 4 is 45.6 Å². The fraction of sp³-hybridized carbons (Fsp3) is 0.182. The maximum Gasteiger partial charge on any atom is 0.166 e. The lowest BCUT2D eigenvalue weighted by molar-refractivity contribution is 0.0454. The van der Waals surface area contributed by atoms with Crippen LogP contribution in [0.2, 0.25) is 10.0 Å². The summed E-state index contributed by atoms with van der Waals surface area (Å²) in [5.74, 6) is 0.808. The minimum absolute atomic E-state index is 0.0309. The van der Waals surface area contributed by atoms with Crippen LogP contribution in [0, 0.1) is 5.82 Å². The van der Waals surface area contributed by atoms with Crippen molar-refractivity contribution in [3.63, 3.8) is 0 Å². The molecular formula is C22H19Cl2FN4O2. The topological polar surface area (TPSA) is 59.5 Å². The predicted octanol–water partition coefficient (Wildman–Crippen LogP) is 5.59. The lowest BCUT2D eigenvalue weighted by Crippen LogP contribution is -2.52. The zero-order chi connectivity index (χ0) is 22.1. The van der Waals surface area contributed by atoms with Crippen molar-refractivity contribution in [3.8, 4) is 11.5 Å². The fourth-order valence-electron chi connectivity index (χ4n) is 3.22.